The summed E-state index contributed by atoms with van der Waals surface area (Å²) in [5.41, 5.74) is 20.6. The van der Waals surface area contributed by atoms with E-state index in [0.29, 0.717) is 0 Å². The molecule has 0 amide bonds. The smallest absolute Gasteiger partial charge is 0.0373 e. The van der Waals surface area contributed by atoms with E-state index < -0.39 is 0 Å². The van der Waals surface area contributed by atoms with E-state index in [1.165, 1.54) is 11.1 Å². The van der Waals surface area contributed by atoms with Crippen molar-refractivity contribution in [1.82, 2.24) is 0 Å². The summed E-state index contributed by atoms with van der Waals surface area (Å²) in [4.78, 5) is 0. The van der Waals surface area contributed by atoms with Crippen LogP contribution in [0.25, 0.3) is 11.1 Å². The molecule has 0 radical (unpaired) electrons. The molecule has 2 rings (SSSR count). The van der Waals surface area contributed by atoms with Crippen LogP contribution in [0.3, 0.4) is 0 Å². The van der Waals surface area contributed by atoms with Gasteiger partial charge in [-0.3, -0.25) is 0 Å². The highest BCUT2D eigenvalue weighted by atomic mass is 35.5. The van der Waals surface area contributed by atoms with Crippen molar-refractivity contribution >= 4 is 23.8 Å². The van der Waals surface area contributed by atoms with Crippen molar-refractivity contribution in [2.75, 3.05) is 11.5 Å². The SMILES string of the molecule is Cc1cc(-c2cc(C)c(N)c(C)c2)cc(C)c1N.Cl.O.O. The van der Waals surface area contributed by atoms with Crippen LogP contribution in [-0.2, 0) is 0 Å². The van der Waals surface area contributed by atoms with E-state index in [1.807, 2.05) is 27.7 Å². The lowest BCUT2D eigenvalue weighted by atomic mass is 9.95. The Balaban J connectivity index is 0. The fourth-order valence-electron chi connectivity index (χ4n) is 2.28. The van der Waals surface area contributed by atoms with Crippen molar-refractivity contribution in [3.8, 4) is 11.1 Å². The summed E-state index contributed by atoms with van der Waals surface area (Å²) >= 11 is 0. The summed E-state index contributed by atoms with van der Waals surface area (Å²) in [6, 6.07) is 8.53. The predicted molar refractivity (Wildman–Crippen MR) is 94.1 cm³/mol. The Bertz CT molecular complexity index is 526. The first-order valence-electron chi connectivity index (χ1n) is 6.14. The van der Waals surface area contributed by atoms with Gasteiger partial charge in [-0.1, -0.05) is 0 Å². The average molecular weight is 313 g/mol. The third kappa shape index (κ3) is 4.11. The molecular formula is C16H25ClN2O2. The largest absolute Gasteiger partial charge is 0.412 e. The number of halogens is 1. The van der Waals surface area contributed by atoms with E-state index in [9.17, 15) is 0 Å². The van der Waals surface area contributed by atoms with Gasteiger partial charge in [0.25, 0.3) is 0 Å². The number of aryl methyl sites for hydroxylation is 4. The highest BCUT2D eigenvalue weighted by Crippen LogP contribution is 2.30. The Labute approximate surface area is 132 Å². The van der Waals surface area contributed by atoms with Crippen molar-refractivity contribution in [3.05, 3.63) is 46.5 Å². The van der Waals surface area contributed by atoms with Gasteiger partial charge in [0.2, 0.25) is 0 Å². The van der Waals surface area contributed by atoms with Crippen molar-refractivity contribution in [3.63, 3.8) is 0 Å². The molecule has 21 heavy (non-hydrogen) atoms. The summed E-state index contributed by atoms with van der Waals surface area (Å²) in [5.74, 6) is 0. The Kier molecular flexibility index (Phi) is 8.09. The molecule has 4 nitrogen and oxygen atoms in total. The van der Waals surface area contributed by atoms with Gasteiger partial charge in [-0.15, -0.1) is 12.4 Å². The molecule has 0 unspecified atom stereocenters. The van der Waals surface area contributed by atoms with Crippen LogP contribution in [0.2, 0.25) is 0 Å². The van der Waals surface area contributed by atoms with E-state index in [1.54, 1.807) is 0 Å². The summed E-state index contributed by atoms with van der Waals surface area (Å²) in [7, 11) is 0. The zero-order chi connectivity index (χ0) is 13.4. The Morgan fingerprint density at radius 1 is 0.571 bits per heavy atom. The minimum atomic E-state index is 0. The molecule has 2 aromatic carbocycles. The quantitative estimate of drug-likeness (QED) is 0.787. The maximum atomic E-state index is 5.99. The molecule has 118 valence electrons. The average Bonchev–Trinajstić information content (AvgIpc) is 2.31. The molecule has 0 spiro atoms. The van der Waals surface area contributed by atoms with Crippen LogP contribution in [0.4, 0.5) is 11.4 Å². The van der Waals surface area contributed by atoms with Gasteiger partial charge in [0.15, 0.2) is 0 Å². The van der Waals surface area contributed by atoms with Crippen LogP contribution < -0.4 is 11.5 Å². The van der Waals surface area contributed by atoms with E-state index in [-0.39, 0.29) is 23.4 Å². The van der Waals surface area contributed by atoms with Crippen LogP contribution >= 0.6 is 12.4 Å². The fraction of sp³-hybridized carbons (Fsp3) is 0.250. The molecule has 0 fully saturated rings. The lowest BCUT2D eigenvalue weighted by Gasteiger charge is -2.12. The molecule has 0 heterocycles. The minimum absolute atomic E-state index is 0. The Morgan fingerprint density at radius 2 is 0.762 bits per heavy atom. The predicted octanol–water partition coefficient (Wildman–Crippen LogP) is 2.52. The zero-order valence-electron chi connectivity index (χ0n) is 12.9. The molecular weight excluding hydrogens is 288 g/mol. The third-order valence-electron chi connectivity index (χ3n) is 3.52. The first-order valence-corrected chi connectivity index (χ1v) is 6.14. The molecule has 0 saturated carbocycles. The number of benzene rings is 2. The normalized spacial score (nSPS) is 9.14. The van der Waals surface area contributed by atoms with E-state index >= 15 is 0 Å². The number of hydrogen-bond donors (Lipinski definition) is 2. The molecule has 0 aromatic heterocycles. The third-order valence-corrected chi connectivity index (χ3v) is 3.52. The van der Waals surface area contributed by atoms with Gasteiger partial charge in [0.05, 0.1) is 0 Å². The summed E-state index contributed by atoms with van der Waals surface area (Å²) < 4.78 is 0. The molecule has 0 aliphatic carbocycles. The lowest BCUT2D eigenvalue weighted by Crippen LogP contribution is -1.97. The first kappa shape index (κ1) is 21.5. The van der Waals surface area contributed by atoms with Gasteiger partial charge in [0, 0.05) is 11.4 Å². The van der Waals surface area contributed by atoms with Crippen molar-refractivity contribution in [1.29, 1.82) is 0 Å². The van der Waals surface area contributed by atoms with E-state index in [0.717, 1.165) is 33.6 Å². The molecule has 0 atom stereocenters. The minimum Gasteiger partial charge on any atom is -0.412 e. The van der Waals surface area contributed by atoms with Crippen molar-refractivity contribution < 1.29 is 11.0 Å². The zero-order valence-corrected chi connectivity index (χ0v) is 13.7. The topological polar surface area (TPSA) is 115 Å². The summed E-state index contributed by atoms with van der Waals surface area (Å²) in [6.45, 7) is 8.18. The lowest BCUT2D eigenvalue weighted by molar-refractivity contribution is 0.823. The van der Waals surface area contributed by atoms with E-state index in [2.05, 4.69) is 24.3 Å². The van der Waals surface area contributed by atoms with Gasteiger partial charge in [-0.2, -0.15) is 0 Å². The maximum Gasteiger partial charge on any atom is 0.0373 e. The number of hydrogen-bond acceptors (Lipinski definition) is 2. The second kappa shape index (κ2) is 7.88. The Morgan fingerprint density at radius 3 is 0.952 bits per heavy atom. The van der Waals surface area contributed by atoms with Crippen molar-refractivity contribution in [2.45, 2.75) is 27.7 Å². The van der Waals surface area contributed by atoms with Crippen LogP contribution in [-0.4, -0.2) is 11.0 Å². The monoisotopic (exact) mass is 312 g/mol. The molecule has 8 N–H and O–H groups in total. The van der Waals surface area contributed by atoms with Gasteiger partial charge in [-0.25, -0.2) is 0 Å². The molecule has 5 heteroatoms. The van der Waals surface area contributed by atoms with Crippen LogP contribution in [0, 0.1) is 27.7 Å². The molecule has 0 aliphatic rings. The molecule has 0 bridgehead atoms. The van der Waals surface area contributed by atoms with Gasteiger partial charge >= 0.3 is 0 Å². The number of anilines is 2. The molecule has 0 aliphatic heterocycles. The summed E-state index contributed by atoms with van der Waals surface area (Å²) in [6.07, 6.45) is 0. The van der Waals surface area contributed by atoms with Crippen LogP contribution in [0.5, 0.6) is 0 Å². The van der Waals surface area contributed by atoms with Crippen LogP contribution in [0.1, 0.15) is 22.3 Å². The highest BCUT2D eigenvalue weighted by Gasteiger charge is 2.07. The van der Waals surface area contributed by atoms with Crippen LogP contribution in [0.15, 0.2) is 24.3 Å². The standard InChI is InChI=1S/C16H20N2.ClH.2H2O/c1-9-5-13(6-10(2)15(9)17)14-7-11(3)16(18)12(4)8-14;;;/h5-8H,17-18H2,1-4H3;1H;2*1H2. The summed E-state index contributed by atoms with van der Waals surface area (Å²) in [5, 5.41) is 0. The fourth-order valence-corrected chi connectivity index (χ4v) is 2.28. The van der Waals surface area contributed by atoms with Gasteiger partial charge in [-0.05, 0) is 85.3 Å². The van der Waals surface area contributed by atoms with Crippen molar-refractivity contribution in [2.24, 2.45) is 0 Å². The highest BCUT2D eigenvalue weighted by molar-refractivity contribution is 5.85. The number of rotatable bonds is 1. The second-order valence-electron chi connectivity index (χ2n) is 5.05. The molecule has 0 saturated heterocycles. The maximum absolute atomic E-state index is 5.99. The number of nitrogens with two attached hydrogens (primary N) is 2. The molecule has 2 aromatic rings. The second-order valence-corrected chi connectivity index (χ2v) is 5.05. The van der Waals surface area contributed by atoms with Gasteiger partial charge in [0.1, 0.15) is 0 Å². The first-order chi connectivity index (χ1) is 8.40. The van der Waals surface area contributed by atoms with Gasteiger partial charge < -0.3 is 22.4 Å². The Hall–Kier alpha value is -1.75. The number of nitrogen functional groups attached to an aromatic ring is 2. The van der Waals surface area contributed by atoms with E-state index in [4.69, 9.17) is 11.5 Å².